The van der Waals surface area contributed by atoms with Gasteiger partial charge in [0.1, 0.15) is 5.69 Å². The van der Waals surface area contributed by atoms with Crippen molar-refractivity contribution in [3.8, 4) is 0 Å². The van der Waals surface area contributed by atoms with Crippen molar-refractivity contribution in [1.29, 1.82) is 0 Å². The van der Waals surface area contributed by atoms with E-state index in [1.54, 1.807) is 17.8 Å². The summed E-state index contributed by atoms with van der Waals surface area (Å²) in [5.41, 5.74) is 0.227. The molecule has 2 aromatic heterocycles. The average Bonchev–Trinajstić information content (AvgIpc) is 2.91. The molecule has 0 aliphatic rings. The number of nitro groups is 1. The summed E-state index contributed by atoms with van der Waals surface area (Å²) in [5, 5.41) is 21.2. The normalized spacial score (nSPS) is 10.4. The van der Waals surface area contributed by atoms with Crippen LogP contribution in [0.5, 0.6) is 0 Å². The molecule has 0 atom stereocenters. The van der Waals surface area contributed by atoms with Gasteiger partial charge >= 0.3 is 5.69 Å². The lowest BCUT2D eigenvalue weighted by molar-refractivity contribution is -0.385. The molecule has 0 unspecified atom stereocenters. The fourth-order valence-electron chi connectivity index (χ4n) is 1.87. The van der Waals surface area contributed by atoms with Gasteiger partial charge in [0.2, 0.25) is 11.8 Å². The number of hydrogen-bond donors (Lipinski definition) is 2. The van der Waals surface area contributed by atoms with Gasteiger partial charge in [-0.25, -0.2) is 4.98 Å². The van der Waals surface area contributed by atoms with Crippen LogP contribution in [0.3, 0.4) is 0 Å². The Kier molecular flexibility index (Phi) is 4.64. The maximum atomic E-state index is 11.2. The van der Waals surface area contributed by atoms with Crippen LogP contribution in [0.4, 0.5) is 17.5 Å². The molecule has 2 N–H and O–H groups in total. The van der Waals surface area contributed by atoms with Crippen molar-refractivity contribution in [2.45, 2.75) is 20.4 Å². The monoisotopic (exact) mass is 291 g/mol. The van der Waals surface area contributed by atoms with Gasteiger partial charge in [0.25, 0.3) is 0 Å². The standard InChI is InChI=1S/C12H17N7O2/c1-3-13-12-16-9(2)10(19(20)21)11(17-12)14-6-8-18-7-4-5-15-18/h4-5,7H,3,6,8H2,1-2H3,(H2,13,14,16,17). The van der Waals surface area contributed by atoms with Crippen molar-refractivity contribution in [3.05, 3.63) is 34.3 Å². The van der Waals surface area contributed by atoms with Crippen molar-refractivity contribution in [3.63, 3.8) is 0 Å². The molecule has 2 aromatic rings. The van der Waals surface area contributed by atoms with E-state index >= 15 is 0 Å². The zero-order valence-electron chi connectivity index (χ0n) is 11.9. The van der Waals surface area contributed by atoms with Crippen molar-refractivity contribution >= 4 is 17.5 Å². The van der Waals surface area contributed by atoms with Crippen molar-refractivity contribution < 1.29 is 4.92 Å². The Morgan fingerprint density at radius 2 is 2.19 bits per heavy atom. The van der Waals surface area contributed by atoms with Crippen LogP contribution in [0.1, 0.15) is 12.6 Å². The van der Waals surface area contributed by atoms with Gasteiger partial charge in [0.15, 0.2) is 0 Å². The summed E-state index contributed by atoms with van der Waals surface area (Å²) in [5.74, 6) is 0.595. The zero-order valence-corrected chi connectivity index (χ0v) is 11.9. The molecule has 0 fully saturated rings. The maximum Gasteiger partial charge on any atom is 0.332 e. The highest BCUT2D eigenvalue weighted by Crippen LogP contribution is 2.26. The number of nitrogens with one attached hydrogen (secondary N) is 2. The van der Waals surface area contributed by atoms with Gasteiger partial charge in [0.05, 0.1) is 11.5 Å². The third-order valence-corrected chi connectivity index (χ3v) is 2.77. The zero-order chi connectivity index (χ0) is 15.2. The average molecular weight is 291 g/mol. The van der Waals surface area contributed by atoms with E-state index in [1.165, 1.54) is 0 Å². The summed E-state index contributed by atoms with van der Waals surface area (Å²) >= 11 is 0. The van der Waals surface area contributed by atoms with E-state index in [9.17, 15) is 10.1 Å². The minimum Gasteiger partial charge on any atom is -0.362 e. The first kappa shape index (κ1) is 14.7. The van der Waals surface area contributed by atoms with E-state index in [0.717, 1.165) is 0 Å². The number of nitrogens with zero attached hydrogens (tertiary/aromatic N) is 5. The predicted octanol–water partition coefficient (Wildman–Crippen LogP) is 1.43. The van der Waals surface area contributed by atoms with Gasteiger partial charge in [-0.3, -0.25) is 14.8 Å². The molecule has 9 heteroatoms. The number of aromatic nitrogens is 4. The minimum atomic E-state index is -0.471. The second kappa shape index (κ2) is 6.64. The molecular formula is C12H17N7O2. The predicted molar refractivity (Wildman–Crippen MR) is 78.3 cm³/mol. The van der Waals surface area contributed by atoms with Crippen LogP contribution in [-0.2, 0) is 6.54 Å². The first-order chi connectivity index (χ1) is 10.1. The van der Waals surface area contributed by atoms with Crippen LogP contribution in [0, 0.1) is 17.0 Å². The van der Waals surface area contributed by atoms with E-state index < -0.39 is 4.92 Å². The highest BCUT2D eigenvalue weighted by molar-refractivity contribution is 5.60. The van der Waals surface area contributed by atoms with Gasteiger partial charge < -0.3 is 10.6 Å². The molecule has 0 saturated carbocycles. The molecule has 2 rings (SSSR count). The molecule has 0 aliphatic heterocycles. The Bertz CT molecular complexity index is 612. The lowest BCUT2D eigenvalue weighted by atomic mass is 10.3. The van der Waals surface area contributed by atoms with Gasteiger partial charge in [-0.05, 0) is 19.9 Å². The Labute approximate surface area is 121 Å². The summed E-state index contributed by atoms with van der Waals surface area (Å²) in [6, 6.07) is 1.82. The first-order valence-corrected chi connectivity index (χ1v) is 6.60. The summed E-state index contributed by atoms with van der Waals surface area (Å²) in [4.78, 5) is 18.9. The summed E-state index contributed by atoms with van der Waals surface area (Å²) in [7, 11) is 0. The van der Waals surface area contributed by atoms with Crippen LogP contribution < -0.4 is 10.6 Å². The van der Waals surface area contributed by atoms with E-state index in [2.05, 4.69) is 25.7 Å². The molecule has 0 radical (unpaired) electrons. The molecule has 0 bridgehead atoms. The number of anilines is 2. The molecule has 2 heterocycles. The van der Waals surface area contributed by atoms with E-state index in [1.807, 2.05) is 19.2 Å². The van der Waals surface area contributed by atoms with E-state index in [0.29, 0.717) is 31.3 Å². The molecular weight excluding hydrogens is 274 g/mol. The SMILES string of the molecule is CCNc1nc(C)c([N+](=O)[O-])c(NCCn2cccn2)n1. The molecule has 0 saturated heterocycles. The molecule has 21 heavy (non-hydrogen) atoms. The molecule has 0 aromatic carbocycles. The number of aryl methyl sites for hydroxylation is 1. The van der Waals surface area contributed by atoms with Gasteiger partial charge in [-0.1, -0.05) is 0 Å². The van der Waals surface area contributed by atoms with Crippen LogP contribution in [-0.4, -0.2) is 37.8 Å². The molecule has 0 spiro atoms. The van der Waals surface area contributed by atoms with Crippen molar-refractivity contribution in [2.75, 3.05) is 23.7 Å². The molecule has 9 nitrogen and oxygen atoms in total. The Morgan fingerprint density at radius 1 is 1.38 bits per heavy atom. The van der Waals surface area contributed by atoms with E-state index in [4.69, 9.17) is 0 Å². The Balaban J connectivity index is 2.16. The second-order valence-corrected chi connectivity index (χ2v) is 4.31. The van der Waals surface area contributed by atoms with Crippen LogP contribution in [0.2, 0.25) is 0 Å². The number of hydrogen-bond acceptors (Lipinski definition) is 7. The van der Waals surface area contributed by atoms with Crippen molar-refractivity contribution in [2.24, 2.45) is 0 Å². The first-order valence-electron chi connectivity index (χ1n) is 6.60. The maximum absolute atomic E-state index is 11.2. The fraction of sp³-hybridized carbons (Fsp3) is 0.417. The van der Waals surface area contributed by atoms with Crippen LogP contribution in [0.15, 0.2) is 18.5 Å². The Hall–Kier alpha value is -2.71. The third-order valence-electron chi connectivity index (χ3n) is 2.77. The molecule has 0 amide bonds. The fourth-order valence-corrected chi connectivity index (χ4v) is 1.87. The van der Waals surface area contributed by atoms with Gasteiger partial charge in [0, 0.05) is 25.5 Å². The lowest BCUT2D eigenvalue weighted by Crippen LogP contribution is -2.15. The summed E-state index contributed by atoms with van der Waals surface area (Å²) in [6.07, 6.45) is 3.51. The third kappa shape index (κ3) is 3.65. The van der Waals surface area contributed by atoms with Crippen molar-refractivity contribution in [1.82, 2.24) is 19.7 Å². The summed E-state index contributed by atoms with van der Waals surface area (Å²) in [6.45, 7) is 5.21. The second-order valence-electron chi connectivity index (χ2n) is 4.31. The van der Waals surface area contributed by atoms with E-state index in [-0.39, 0.29) is 11.5 Å². The smallest absolute Gasteiger partial charge is 0.332 e. The number of rotatable bonds is 7. The summed E-state index contributed by atoms with van der Waals surface area (Å²) < 4.78 is 1.73. The highest BCUT2D eigenvalue weighted by atomic mass is 16.6. The molecule has 112 valence electrons. The Morgan fingerprint density at radius 3 is 2.81 bits per heavy atom. The molecule has 0 aliphatic carbocycles. The lowest BCUT2D eigenvalue weighted by Gasteiger charge is -2.10. The van der Waals surface area contributed by atoms with Gasteiger partial charge in [-0.15, -0.1) is 0 Å². The minimum absolute atomic E-state index is 0.0999. The van der Waals surface area contributed by atoms with Crippen LogP contribution >= 0.6 is 0 Å². The largest absolute Gasteiger partial charge is 0.362 e. The van der Waals surface area contributed by atoms with Gasteiger partial charge in [-0.2, -0.15) is 10.1 Å². The topological polar surface area (TPSA) is 111 Å². The highest BCUT2D eigenvalue weighted by Gasteiger charge is 2.21. The quantitative estimate of drug-likeness (QED) is 0.586. The van der Waals surface area contributed by atoms with Crippen LogP contribution in [0.25, 0.3) is 0 Å².